The van der Waals surface area contributed by atoms with Crippen LogP contribution >= 0.6 is 0 Å². The third kappa shape index (κ3) is 5.07. The van der Waals surface area contributed by atoms with E-state index in [0.29, 0.717) is 18.1 Å². The molecule has 0 aliphatic rings. The van der Waals surface area contributed by atoms with Gasteiger partial charge >= 0.3 is 0 Å². The van der Waals surface area contributed by atoms with E-state index in [1.807, 2.05) is 48.5 Å². The Kier molecular flexibility index (Phi) is 6.57. The lowest BCUT2D eigenvalue weighted by Crippen LogP contribution is -2.16. The first kappa shape index (κ1) is 19.4. The van der Waals surface area contributed by atoms with Crippen LogP contribution in [0.5, 0.6) is 5.75 Å². The first-order valence-corrected chi connectivity index (χ1v) is 9.27. The van der Waals surface area contributed by atoms with Crippen LogP contribution in [0.15, 0.2) is 60.9 Å². The van der Waals surface area contributed by atoms with E-state index < -0.39 is 0 Å². The van der Waals surface area contributed by atoms with E-state index in [0.717, 1.165) is 35.4 Å². The Bertz CT molecular complexity index is 943. The number of rotatable bonds is 8. The van der Waals surface area contributed by atoms with Crippen molar-refractivity contribution in [3.63, 3.8) is 0 Å². The highest BCUT2D eigenvalue weighted by Crippen LogP contribution is 2.17. The minimum atomic E-state index is -0.251. The molecule has 0 fully saturated rings. The Morgan fingerprint density at radius 1 is 1.07 bits per heavy atom. The zero-order chi connectivity index (χ0) is 19.8. The SMILES string of the molecule is CCc1ccccc1NC(=O)c1cc(NCCc2cccc(OC)c2)ncn1. The third-order valence-electron chi connectivity index (χ3n) is 4.40. The molecule has 0 unspecified atom stereocenters. The standard InChI is InChI=1S/C22H24N4O2/c1-3-17-8-4-5-10-19(17)26-22(27)20-14-21(25-15-24-20)23-12-11-16-7-6-9-18(13-16)28-2/h4-10,13-15H,3,11-12H2,1-2H3,(H,26,27)(H,23,24,25). The number of anilines is 2. The van der Waals surface area contributed by atoms with E-state index >= 15 is 0 Å². The maximum absolute atomic E-state index is 12.6. The van der Waals surface area contributed by atoms with Crippen molar-refractivity contribution in [3.8, 4) is 5.75 Å². The average Bonchev–Trinajstić information content (AvgIpc) is 2.74. The first-order valence-electron chi connectivity index (χ1n) is 9.27. The van der Waals surface area contributed by atoms with E-state index in [1.165, 1.54) is 6.33 Å². The fourth-order valence-corrected chi connectivity index (χ4v) is 2.88. The molecule has 0 atom stereocenters. The zero-order valence-corrected chi connectivity index (χ0v) is 16.1. The Morgan fingerprint density at radius 3 is 2.75 bits per heavy atom. The van der Waals surface area contributed by atoms with Crippen LogP contribution in [0.4, 0.5) is 11.5 Å². The summed E-state index contributed by atoms with van der Waals surface area (Å²) in [7, 11) is 1.66. The molecular weight excluding hydrogens is 352 g/mol. The molecule has 6 heteroatoms. The molecule has 1 amide bonds. The van der Waals surface area contributed by atoms with Crippen LogP contribution in [0, 0.1) is 0 Å². The molecule has 0 spiro atoms. The smallest absolute Gasteiger partial charge is 0.274 e. The number of amides is 1. The average molecular weight is 376 g/mol. The quantitative estimate of drug-likeness (QED) is 0.622. The van der Waals surface area contributed by atoms with Gasteiger partial charge in [-0.05, 0) is 42.2 Å². The van der Waals surface area contributed by atoms with Gasteiger partial charge in [0.25, 0.3) is 5.91 Å². The van der Waals surface area contributed by atoms with E-state index in [1.54, 1.807) is 13.2 Å². The van der Waals surface area contributed by atoms with Crippen molar-refractivity contribution in [1.29, 1.82) is 0 Å². The van der Waals surface area contributed by atoms with Crippen molar-refractivity contribution in [2.45, 2.75) is 19.8 Å². The molecule has 28 heavy (non-hydrogen) atoms. The normalized spacial score (nSPS) is 10.4. The van der Waals surface area contributed by atoms with Crippen LogP contribution in [0.2, 0.25) is 0 Å². The van der Waals surface area contributed by atoms with Gasteiger partial charge in [-0.25, -0.2) is 9.97 Å². The highest BCUT2D eigenvalue weighted by molar-refractivity contribution is 6.03. The molecule has 0 bridgehead atoms. The van der Waals surface area contributed by atoms with Gasteiger partial charge < -0.3 is 15.4 Å². The highest BCUT2D eigenvalue weighted by atomic mass is 16.5. The van der Waals surface area contributed by atoms with Gasteiger partial charge in [-0.3, -0.25) is 4.79 Å². The Labute approximate surface area is 165 Å². The topological polar surface area (TPSA) is 76.1 Å². The Morgan fingerprint density at radius 2 is 1.93 bits per heavy atom. The number of methoxy groups -OCH3 is 1. The molecule has 6 nitrogen and oxygen atoms in total. The summed E-state index contributed by atoms with van der Waals surface area (Å²) >= 11 is 0. The van der Waals surface area contributed by atoms with Gasteiger partial charge in [0, 0.05) is 18.3 Å². The van der Waals surface area contributed by atoms with Gasteiger partial charge in [0.2, 0.25) is 0 Å². The van der Waals surface area contributed by atoms with Crippen LogP contribution in [0.1, 0.15) is 28.5 Å². The highest BCUT2D eigenvalue weighted by Gasteiger charge is 2.11. The summed E-state index contributed by atoms with van der Waals surface area (Å²) < 4.78 is 5.24. The second-order valence-electron chi connectivity index (χ2n) is 6.28. The monoisotopic (exact) mass is 376 g/mol. The maximum atomic E-state index is 12.6. The molecule has 2 aromatic carbocycles. The fourth-order valence-electron chi connectivity index (χ4n) is 2.88. The number of carbonyl (C=O) groups excluding carboxylic acids is 1. The number of benzene rings is 2. The van der Waals surface area contributed by atoms with Crippen molar-refractivity contribution in [1.82, 2.24) is 9.97 Å². The lowest BCUT2D eigenvalue weighted by atomic mass is 10.1. The van der Waals surface area contributed by atoms with Crippen LogP contribution in [-0.2, 0) is 12.8 Å². The summed E-state index contributed by atoms with van der Waals surface area (Å²) in [6.07, 6.45) is 3.05. The molecule has 0 saturated heterocycles. The van der Waals surface area contributed by atoms with Crippen molar-refractivity contribution in [2.24, 2.45) is 0 Å². The van der Waals surface area contributed by atoms with Crippen molar-refractivity contribution >= 4 is 17.4 Å². The number of aryl methyl sites for hydroxylation is 1. The molecule has 1 aromatic heterocycles. The minimum Gasteiger partial charge on any atom is -0.497 e. The molecule has 144 valence electrons. The summed E-state index contributed by atoms with van der Waals surface area (Å²) in [4.78, 5) is 20.9. The molecular formula is C22H24N4O2. The number of carbonyl (C=O) groups is 1. The van der Waals surface area contributed by atoms with Crippen molar-refractivity contribution in [3.05, 3.63) is 77.7 Å². The van der Waals surface area contributed by atoms with Gasteiger partial charge in [0.05, 0.1) is 7.11 Å². The number of hydrogen-bond donors (Lipinski definition) is 2. The van der Waals surface area contributed by atoms with E-state index in [4.69, 9.17) is 4.74 Å². The molecule has 0 radical (unpaired) electrons. The Hall–Kier alpha value is -3.41. The van der Waals surface area contributed by atoms with E-state index in [2.05, 4.69) is 27.5 Å². The number of para-hydroxylation sites is 1. The van der Waals surface area contributed by atoms with Gasteiger partial charge in [-0.1, -0.05) is 37.3 Å². The van der Waals surface area contributed by atoms with Gasteiger partial charge in [0.15, 0.2) is 0 Å². The molecule has 0 aliphatic heterocycles. The number of aromatic nitrogens is 2. The lowest BCUT2D eigenvalue weighted by Gasteiger charge is -2.10. The minimum absolute atomic E-state index is 0.251. The Balaban J connectivity index is 1.61. The summed E-state index contributed by atoms with van der Waals surface area (Å²) in [5.74, 6) is 1.21. The van der Waals surface area contributed by atoms with Gasteiger partial charge in [-0.15, -0.1) is 0 Å². The van der Waals surface area contributed by atoms with Crippen LogP contribution in [0.25, 0.3) is 0 Å². The number of hydrogen-bond acceptors (Lipinski definition) is 5. The molecule has 2 N–H and O–H groups in total. The van der Waals surface area contributed by atoms with Gasteiger partial charge in [-0.2, -0.15) is 0 Å². The summed E-state index contributed by atoms with van der Waals surface area (Å²) in [5.41, 5.74) is 3.38. The predicted octanol–water partition coefficient (Wildman–Crippen LogP) is 3.95. The van der Waals surface area contributed by atoms with Crippen molar-refractivity contribution in [2.75, 3.05) is 24.3 Å². The van der Waals surface area contributed by atoms with E-state index in [-0.39, 0.29) is 5.91 Å². The van der Waals surface area contributed by atoms with Crippen LogP contribution < -0.4 is 15.4 Å². The summed E-state index contributed by atoms with van der Waals surface area (Å²) in [5, 5.41) is 6.17. The number of nitrogens with one attached hydrogen (secondary N) is 2. The second kappa shape index (κ2) is 9.50. The van der Waals surface area contributed by atoms with E-state index in [9.17, 15) is 4.79 Å². The number of nitrogens with zero attached hydrogens (tertiary/aromatic N) is 2. The largest absolute Gasteiger partial charge is 0.497 e. The van der Waals surface area contributed by atoms with Crippen LogP contribution in [-0.4, -0.2) is 29.5 Å². The maximum Gasteiger partial charge on any atom is 0.274 e. The molecule has 0 saturated carbocycles. The fraction of sp³-hybridized carbons (Fsp3) is 0.227. The molecule has 1 heterocycles. The predicted molar refractivity (Wildman–Crippen MR) is 111 cm³/mol. The number of ether oxygens (including phenoxy) is 1. The summed E-state index contributed by atoms with van der Waals surface area (Å²) in [6.45, 7) is 2.74. The lowest BCUT2D eigenvalue weighted by molar-refractivity contribution is 0.102. The zero-order valence-electron chi connectivity index (χ0n) is 16.1. The molecule has 0 aliphatic carbocycles. The molecule has 3 rings (SSSR count). The third-order valence-corrected chi connectivity index (χ3v) is 4.40. The van der Waals surface area contributed by atoms with Crippen molar-refractivity contribution < 1.29 is 9.53 Å². The first-order chi connectivity index (χ1) is 13.7. The molecule has 3 aromatic rings. The van der Waals surface area contributed by atoms with Gasteiger partial charge in [0.1, 0.15) is 23.6 Å². The van der Waals surface area contributed by atoms with Crippen LogP contribution in [0.3, 0.4) is 0 Å². The second-order valence-corrected chi connectivity index (χ2v) is 6.28. The summed E-state index contributed by atoms with van der Waals surface area (Å²) in [6, 6.07) is 17.4.